The summed E-state index contributed by atoms with van der Waals surface area (Å²) in [7, 11) is 0. The molecule has 0 heterocycles. The quantitative estimate of drug-likeness (QED) is 0.616. The van der Waals surface area contributed by atoms with Crippen LogP contribution < -0.4 is 0 Å². The maximum atomic E-state index is 9.01. The first-order valence-corrected chi connectivity index (χ1v) is 3.72. The summed E-state index contributed by atoms with van der Waals surface area (Å²) in [5.41, 5.74) is 1.97. The van der Waals surface area contributed by atoms with Crippen LogP contribution in [0.5, 0.6) is 0 Å². The van der Waals surface area contributed by atoms with Crippen molar-refractivity contribution in [1.82, 2.24) is 0 Å². The van der Waals surface area contributed by atoms with E-state index in [1.807, 2.05) is 32.1 Å². The van der Waals surface area contributed by atoms with Crippen molar-refractivity contribution in [3.05, 3.63) is 36.0 Å². The first-order chi connectivity index (χ1) is 5.04. The molecule has 11 heavy (non-hydrogen) atoms. The zero-order valence-electron chi connectivity index (χ0n) is 7.46. The number of aliphatic hydroxyl groups excluding tert-OH is 1. The van der Waals surface area contributed by atoms with Crippen molar-refractivity contribution in [3.8, 4) is 0 Å². The molecule has 0 aromatic heterocycles. The fourth-order valence-corrected chi connectivity index (χ4v) is 0.503. The van der Waals surface area contributed by atoms with Crippen molar-refractivity contribution < 1.29 is 5.11 Å². The fourth-order valence-electron chi connectivity index (χ4n) is 0.503. The van der Waals surface area contributed by atoms with Crippen molar-refractivity contribution >= 4 is 0 Å². The van der Waals surface area contributed by atoms with Gasteiger partial charge in [-0.15, -0.1) is 0 Å². The van der Waals surface area contributed by atoms with E-state index in [0.717, 1.165) is 5.57 Å². The van der Waals surface area contributed by atoms with Crippen molar-refractivity contribution in [3.63, 3.8) is 0 Å². The van der Waals surface area contributed by atoms with Crippen LogP contribution >= 0.6 is 0 Å². The molecule has 1 unspecified atom stereocenters. The molecule has 0 fully saturated rings. The summed E-state index contributed by atoms with van der Waals surface area (Å²) in [6.45, 7) is 9.44. The Labute approximate surface area is 68.7 Å². The van der Waals surface area contributed by atoms with E-state index in [1.54, 1.807) is 6.92 Å². The molecule has 0 radical (unpaired) electrons. The Hall–Kier alpha value is -0.820. The molecule has 0 saturated heterocycles. The van der Waals surface area contributed by atoms with E-state index in [4.69, 9.17) is 5.11 Å². The van der Waals surface area contributed by atoms with E-state index in [-0.39, 0.29) is 0 Å². The van der Waals surface area contributed by atoms with Gasteiger partial charge < -0.3 is 5.11 Å². The van der Waals surface area contributed by atoms with Crippen LogP contribution in [-0.2, 0) is 0 Å². The van der Waals surface area contributed by atoms with Crippen molar-refractivity contribution in [1.29, 1.82) is 0 Å². The molecule has 0 saturated carbocycles. The van der Waals surface area contributed by atoms with Gasteiger partial charge in [0.1, 0.15) is 0 Å². The lowest BCUT2D eigenvalue weighted by Gasteiger charge is -2.00. The second-order valence-corrected chi connectivity index (χ2v) is 2.85. The molecule has 0 aliphatic heterocycles. The molecule has 1 atom stereocenters. The Morgan fingerprint density at radius 1 is 1.45 bits per heavy atom. The highest BCUT2D eigenvalue weighted by molar-refractivity contribution is 5.22. The van der Waals surface area contributed by atoms with Crippen molar-refractivity contribution in [2.75, 3.05) is 0 Å². The molecule has 1 N–H and O–H groups in total. The third-order valence-electron chi connectivity index (χ3n) is 1.28. The zero-order chi connectivity index (χ0) is 8.85. The van der Waals surface area contributed by atoms with Gasteiger partial charge in [0.05, 0.1) is 6.10 Å². The minimum Gasteiger partial charge on any atom is -0.389 e. The molecular weight excluding hydrogens is 136 g/mol. The Morgan fingerprint density at radius 2 is 2.00 bits per heavy atom. The normalized spacial score (nSPS) is 13.1. The third kappa shape index (κ3) is 5.62. The standard InChI is InChI=1S/C10H16O/c1-8(2)6-5-7-9(3)10(4)11/h5-7,10-11H,3H2,1-2,4H3. The highest BCUT2D eigenvalue weighted by Crippen LogP contribution is 2.00. The van der Waals surface area contributed by atoms with Gasteiger partial charge in [-0.1, -0.05) is 30.4 Å². The topological polar surface area (TPSA) is 20.2 Å². The van der Waals surface area contributed by atoms with Crippen molar-refractivity contribution in [2.45, 2.75) is 26.9 Å². The molecule has 0 spiro atoms. The summed E-state index contributed by atoms with van der Waals surface area (Å²) in [5, 5.41) is 9.01. The van der Waals surface area contributed by atoms with Crippen LogP contribution in [0.25, 0.3) is 0 Å². The lowest BCUT2D eigenvalue weighted by molar-refractivity contribution is 0.236. The number of aliphatic hydroxyl groups is 1. The summed E-state index contributed by atoms with van der Waals surface area (Å²) >= 11 is 0. The Balaban J connectivity index is 3.95. The maximum absolute atomic E-state index is 9.01. The number of hydrogen-bond acceptors (Lipinski definition) is 1. The second kappa shape index (κ2) is 4.91. The lowest BCUT2D eigenvalue weighted by atomic mass is 10.2. The van der Waals surface area contributed by atoms with E-state index >= 15 is 0 Å². The van der Waals surface area contributed by atoms with Gasteiger partial charge >= 0.3 is 0 Å². The first kappa shape index (κ1) is 10.2. The average Bonchev–Trinajstić information content (AvgIpc) is 1.86. The van der Waals surface area contributed by atoms with Crippen LogP contribution in [0.3, 0.4) is 0 Å². The van der Waals surface area contributed by atoms with Crippen LogP contribution in [0.2, 0.25) is 0 Å². The number of rotatable bonds is 3. The lowest BCUT2D eigenvalue weighted by Crippen LogP contribution is -1.99. The SMILES string of the molecule is C=C(C=CC=C(C)C)C(C)O. The van der Waals surface area contributed by atoms with E-state index in [9.17, 15) is 0 Å². The monoisotopic (exact) mass is 152 g/mol. The van der Waals surface area contributed by atoms with E-state index in [1.165, 1.54) is 5.57 Å². The molecule has 0 amide bonds. The Morgan fingerprint density at radius 3 is 2.36 bits per heavy atom. The molecule has 0 aliphatic rings. The van der Waals surface area contributed by atoms with Crippen molar-refractivity contribution in [2.24, 2.45) is 0 Å². The van der Waals surface area contributed by atoms with Crippen LogP contribution in [0.1, 0.15) is 20.8 Å². The third-order valence-corrected chi connectivity index (χ3v) is 1.28. The molecule has 0 aromatic rings. The maximum Gasteiger partial charge on any atom is 0.0756 e. The molecule has 62 valence electrons. The molecule has 0 aromatic carbocycles. The zero-order valence-corrected chi connectivity index (χ0v) is 7.46. The summed E-state index contributed by atoms with van der Waals surface area (Å²) in [4.78, 5) is 0. The Bertz CT molecular complexity index is 181. The second-order valence-electron chi connectivity index (χ2n) is 2.85. The molecular formula is C10H16O. The number of allylic oxidation sites excluding steroid dienone is 3. The van der Waals surface area contributed by atoms with E-state index < -0.39 is 6.10 Å². The first-order valence-electron chi connectivity index (χ1n) is 3.72. The predicted molar refractivity (Wildman–Crippen MR) is 49.4 cm³/mol. The minimum absolute atomic E-state index is 0.447. The van der Waals surface area contributed by atoms with Gasteiger partial charge in [0.15, 0.2) is 0 Å². The van der Waals surface area contributed by atoms with E-state index in [2.05, 4.69) is 6.58 Å². The summed E-state index contributed by atoms with van der Waals surface area (Å²) in [6, 6.07) is 0. The summed E-state index contributed by atoms with van der Waals surface area (Å²) in [5.74, 6) is 0. The smallest absolute Gasteiger partial charge is 0.0756 e. The van der Waals surface area contributed by atoms with Crippen LogP contribution in [-0.4, -0.2) is 11.2 Å². The van der Waals surface area contributed by atoms with Gasteiger partial charge in [-0.2, -0.15) is 0 Å². The highest BCUT2D eigenvalue weighted by atomic mass is 16.3. The largest absolute Gasteiger partial charge is 0.389 e. The van der Waals surface area contributed by atoms with Gasteiger partial charge in [-0.3, -0.25) is 0 Å². The van der Waals surface area contributed by atoms with Crippen LogP contribution in [0.4, 0.5) is 0 Å². The average molecular weight is 152 g/mol. The minimum atomic E-state index is -0.447. The van der Waals surface area contributed by atoms with Gasteiger partial charge in [0.2, 0.25) is 0 Å². The predicted octanol–water partition coefficient (Wildman–Crippen LogP) is 2.45. The van der Waals surface area contributed by atoms with E-state index in [0.29, 0.717) is 0 Å². The highest BCUT2D eigenvalue weighted by Gasteiger charge is 1.94. The summed E-state index contributed by atoms with van der Waals surface area (Å²) < 4.78 is 0. The molecule has 1 nitrogen and oxygen atoms in total. The molecule has 1 heteroatoms. The molecule has 0 rings (SSSR count). The van der Waals surface area contributed by atoms with Crippen LogP contribution in [0, 0.1) is 0 Å². The molecule has 0 aliphatic carbocycles. The fraction of sp³-hybridized carbons (Fsp3) is 0.400. The Kier molecular flexibility index (Phi) is 4.55. The van der Waals surface area contributed by atoms with Crippen LogP contribution in [0.15, 0.2) is 36.0 Å². The van der Waals surface area contributed by atoms with Gasteiger partial charge in [0, 0.05) is 0 Å². The molecule has 0 bridgehead atoms. The van der Waals surface area contributed by atoms with Gasteiger partial charge in [0.25, 0.3) is 0 Å². The number of hydrogen-bond donors (Lipinski definition) is 1. The van der Waals surface area contributed by atoms with Gasteiger partial charge in [-0.25, -0.2) is 0 Å². The van der Waals surface area contributed by atoms with Gasteiger partial charge in [-0.05, 0) is 26.3 Å². The summed E-state index contributed by atoms with van der Waals surface area (Å²) in [6.07, 6.45) is 5.24.